The molecular weight excluding hydrogens is 410 g/mol. The van der Waals surface area contributed by atoms with Gasteiger partial charge in [0, 0.05) is 34.9 Å². The second-order valence-corrected chi connectivity index (χ2v) is 7.57. The Bertz CT molecular complexity index is 1140. The third-order valence-electron chi connectivity index (χ3n) is 3.96. The second kappa shape index (κ2) is 8.46. The quantitative estimate of drug-likeness (QED) is 0.508. The number of nitrogens with zero attached hydrogens (tertiary/aromatic N) is 6. The molecule has 0 saturated heterocycles. The van der Waals surface area contributed by atoms with Crippen molar-refractivity contribution >= 4 is 35.0 Å². The number of rotatable bonds is 6. The fourth-order valence-corrected chi connectivity index (χ4v) is 3.61. The lowest BCUT2D eigenvalue weighted by atomic mass is 10.2. The Morgan fingerprint density at radius 1 is 1.21 bits per heavy atom. The van der Waals surface area contributed by atoms with Crippen LogP contribution in [0.15, 0.2) is 71.0 Å². The number of anilines is 1. The predicted molar refractivity (Wildman–Crippen MR) is 111 cm³/mol. The number of aryl methyl sites for hydroxylation is 1. The smallest absolute Gasteiger partial charge is 0.248 e. The molecule has 0 aliphatic heterocycles. The Kier molecular flexibility index (Phi) is 5.59. The van der Waals surface area contributed by atoms with Gasteiger partial charge in [-0.05, 0) is 35.2 Å². The van der Waals surface area contributed by atoms with Crippen LogP contribution in [0.25, 0.3) is 11.4 Å². The monoisotopic (exact) mass is 425 g/mol. The summed E-state index contributed by atoms with van der Waals surface area (Å²) in [7, 11) is 1.91. The summed E-state index contributed by atoms with van der Waals surface area (Å²) in [5.74, 6) is 0.179. The van der Waals surface area contributed by atoms with Crippen LogP contribution < -0.4 is 5.32 Å². The largest absolute Gasteiger partial charge is 0.329 e. The first-order valence-corrected chi connectivity index (χ1v) is 9.86. The van der Waals surface area contributed by atoms with Gasteiger partial charge >= 0.3 is 0 Å². The van der Waals surface area contributed by atoms with Crippen molar-refractivity contribution in [3.63, 3.8) is 0 Å². The number of imidazole rings is 1. The Morgan fingerprint density at radius 3 is 2.79 bits per heavy atom. The number of halogens is 1. The standard InChI is InChI=1S/C19H16ClN7OS/c1-26-10-9-21-19(26)29-16-8-7-14(20)11-15(16)22-17(28)12-27-24-18(23-25-27)13-5-3-2-4-6-13/h2-11H,12H2,1H3,(H,22,28). The zero-order valence-electron chi connectivity index (χ0n) is 15.4. The predicted octanol–water partition coefficient (Wildman–Crippen LogP) is 3.52. The van der Waals surface area contributed by atoms with E-state index < -0.39 is 0 Å². The van der Waals surface area contributed by atoms with Crippen molar-refractivity contribution in [2.24, 2.45) is 7.05 Å². The molecule has 0 aliphatic carbocycles. The average Bonchev–Trinajstić information content (AvgIpc) is 3.34. The number of hydrogen-bond acceptors (Lipinski definition) is 6. The molecule has 0 saturated carbocycles. The summed E-state index contributed by atoms with van der Waals surface area (Å²) >= 11 is 7.56. The topological polar surface area (TPSA) is 90.5 Å². The molecule has 0 unspecified atom stereocenters. The van der Waals surface area contributed by atoms with Crippen molar-refractivity contribution in [1.29, 1.82) is 0 Å². The Labute approximate surface area is 175 Å². The van der Waals surface area contributed by atoms with Gasteiger partial charge in [0.05, 0.1) is 5.69 Å². The van der Waals surface area contributed by atoms with Gasteiger partial charge in [0.15, 0.2) is 5.16 Å². The Balaban J connectivity index is 1.48. The molecule has 2 aromatic carbocycles. The molecule has 0 radical (unpaired) electrons. The van der Waals surface area contributed by atoms with Crippen LogP contribution in [-0.4, -0.2) is 35.7 Å². The zero-order chi connectivity index (χ0) is 20.2. The number of amides is 1. The van der Waals surface area contributed by atoms with Crippen LogP contribution in [0.3, 0.4) is 0 Å². The number of tetrazole rings is 1. The number of carbonyl (C=O) groups excluding carboxylic acids is 1. The molecule has 10 heteroatoms. The van der Waals surface area contributed by atoms with E-state index in [4.69, 9.17) is 11.6 Å². The van der Waals surface area contributed by atoms with E-state index in [1.54, 1.807) is 18.3 Å². The lowest BCUT2D eigenvalue weighted by molar-refractivity contribution is -0.117. The number of hydrogen-bond donors (Lipinski definition) is 1. The zero-order valence-corrected chi connectivity index (χ0v) is 16.9. The van der Waals surface area contributed by atoms with Gasteiger partial charge in [-0.2, -0.15) is 4.80 Å². The van der Waals surface area contributed by atoms with Crippen molar-refractivity contribution < 1.29 is 4.79 Å². The van der Waals surface area contributed by atoms with E-state index in [1.807, 2.05) is 54.2 Å². The van der Waals surface area contributed by atoms with Crippen molar-refractivity contribution in [3.05, 3.63) is 65.9 Å². The number of carbonyl (C=O) groups is 1. The minimum atomic E-state index is -0.286. The first-order valence-electron chi connectivity index (χ1n) is 8.66. The van der Waals surface area contributed by atoms with Crippen molar-refractivity contribution in [2.75, 3.05) is 5.32 Å². The fourth-order valence-electron chi connectivity index (χ4n) is 2.57. The summed E-state index contributed by atoms with van der Waals surface area (Å²) in [6.07, 6.45) is 3.58. The first kappa shape index (κ1) is 19.2. The third kappa shape index (κ3) is 4.64. The molecule has 0 atom stereocenters. The number of nitrogens with one attached hydrogen (secondary N) is 1. The van der Waals surface area contributed by atoms with E-state index in [-0.39, 0.29) is 12.5 Å². The molecule has 2 aromatic heterocycles. The highest BCUT2D eigenvalue weighted by Crippen LogP contribution is 2.34. The van der Waals surface area contributed by atoms with E-state index in [0.717, 1.165) is 15.6 Å². The molecule has 29 heavy (non-hydrogen) atoms. The van der Waals surface area contributed by atoms with Crippen LogP contribution in [0.1, 0.15) is 0 Å². The minimum absolute atomic E-state index is 0.0706. The highest BCUT2D eigenvalue weighted by atomic mass is 35.5. The van der Waals surface area contributed by atoms with Crippen LogP contribution >= 0.6 is 23.4 Å². The maximum Gasteiger partial charge on any atom is 0.248 e. The van der Waals surface area contributed by atoms with Crippen LogP contribution in [0.2, 0.25) is 5.02 Å². The molecule has 2 heterocycles. The maximum absolute atomic E-state index is 12.5. The average molecular weight is 426 g/mol. The second-order valence-electron chi connectivity index (χ2n) is 6.12. The van der Waals surface area contributed by atoms with E-state index in [1.165, 1.54) is 16.6 Å². The van der Waals surface area contributed by atoms with E-state index in [9.17, 15) is 4.79 Å². The molecule has 146 valence electrons. The van der Waals surface area contributed by atoms with Gasteiger partial charge in [-0.3, -0.25) is 4.79 Å². The summed E-state index contributed by atoms with van der Waals surface area (Å²) in [6.45, 7) is -0.0706. The molecule has 0 spiro atoms. The first-order chi connectivity index (χ1) is 14.1. The van der Waals surface area contributed by atoms with Gasteiger partial charge in [-0.1, -0.05) is 41.9 Å². The van der Waals surface area contributed by atoms with E-state index >= 15 is 0 Å². The fraction of sp³-hybridized carbons (Fsp3) is 0.105. The summed E-state index contributed by atoms with van der Waals surface area (Å²) in [4.78, 5) is 18.9. The maximum atomic E-state index is 12.5. The Hall–Kier alpha value is -3.17. The molecule has 4 aromatic rings. The third-order valence-corrected chi connectivity index (χ3v) is 5.35. The summed E-state index contributed by atoms with van der Waals surface area (Å²) in [6, 6.07) is 14.8. The molecule has 0 aliphatic rings. The molecule has 1 N–H and O–H groups in total. The van der Waals surface area contributed by atoms with Gasteiger partial charge in [0.1, 0.15) is 6.54 Å². The summed E-state index contributed by atoms with van der Waals surface area (Å²) in [5.41, 5.74) is 1.43. The van der Waals surface area contributed by atoms with Gasteiger partial charge < -0.3 is 9.88 Å². The molecular formula is C19H16ClN7OS. The normalized spacial score (nSPS) is 10.8. The molecule has 0 fully saturated rings. The highest BCUT2D eigenvalue weighted by molar-refractivity contribution is 7.99. The SMILES string of the molecule is Cn1ccnc1Sc1ccc(Cl)cc1NC(=O)Cn1nnc(-c2ccccc2)n1. The van der Waals surface area contributed by atoms with Crippen molar-refractivity contribution in [1.82, 2.24) is 29.8 Å². The lowest BCUT2D eigenvalue weighted by Crippen LogP contribution is -2.20. The lowest BCUT2D eigenvalue weighted by Gasteiger charge is -2.11. The molecule has 8 nitrogen and oxygen atoms in total. The Morgan fingerprint density at radius 2 is 2.03 bits per heavy atom. The van der Waals surface area contributed by atoms with E-state index in [0.29, 0.717) is 16.5 Å². The van der Waals surface area contributed by atoms with Crippen LogP contribution in [0, 0.1) is 0 Å². The highest BCUT2D eigenvalue weighted by Gasteiger charge is 2.13. The van der Waals surface area contributed by atoms with Crippen molar-refractivity contribution in [3.8, 4) is 11.4 Å². The van der Waals surface area contributed by atoms with Crippen LogP contribution in [-0.2, 0) is 18.4 Å². The minimum Gasteiger partial charge on any atom is -0.329 e. The van der Waals surface area contributed by atoms with Gasteiger partial charge in [-0.25, -0.2) is 4.98 Å². The summed E-state index contributed by atoms with van der Waals surface area (Å²) < 4.78 is 1.90. The van der Waals surface area contributed by atoms with Gasteiger partial charge in [0.25, 0.3) is 0 Å². The van der Waals surface area contributed by atoms with Gasteiger partial charge in [-0.15, -0.1) is 10.2 Å². The van der Waals surface area contributed by atoms with Gasteiger partial charge in [0.2, 0.25) is 11.7 Å². The number of benzene rings is 2. The molecule has 4 rings (SSSR count). The number of aromatic nitrogens is 6. The van der Waals surface area contributed by atoms with Crippen LogP contribution in [0.5, 0.6) is 0 Å². The van der Waals surface area contributed by atoms with Crippen molar-refractivity contribution in [2.45, 2.75) is 16.6 Å². The van der Waals surface area contributed by atoms with Crippen LogP contribution in [0.4, 0.5) is 5.69 Å². The molecule has 0 bridgehead atoms. The van der Waals surface area contributed by atoms with E-state index in [2.05, 4.69) is 25.7 Å². The summed E-state index contributed by atoms with van der Waals surface area (Å²) in [5, 5.41) is 16.4. The molecule has 1 amide bonds.